The summed E-state index contributed by atoms with van der Waals surface area (Å²) in [6.45, 7) is 3.57. The molecule has 0 atom stereocenters. The number of likely N-dealkylation sites (N-methyl/N-ethyl adjacent to an activating group) is 1. The molecule has 0 fully saturated rings. The molecule has 8 heteroatoms. The summed E-state index contributed by atoms with van der Waals surface area (Å²) in [6.07, 6.45) is 0. The molecule has 0 saturated carbocycles. The van der Waals surface area contributed by atoms with E-state index in [0.717, 1.165) is 10.4 Å². The third kappa shape index (κ3) is 4.85. The topological polar surface area (TPSA) is 84.9 Å². The van der Waals surface area contributed by atoms with Crippen LogP contribution in [0.2, 0.25) is 0 Å². The maximum atomic E-state index is 12.6. The zero-order valence-electron chi connectivity index (χ0n) is 15.9. The van der Waals surface area contributed by atoms with E-state index in [1.54, 1.807) is 38.4 Å². The van der Waals surface area contributed by atoms with E-state index < -0.39 is 5.97 Å². The summed E-state index contributed by atoms with van der Waals surface area (Å²) in [5.41, 5.74) is 1.49. The first-order chi connectivity index (χ1) is 12.7. The van der Waals surface area contributed by atoms with E-state index >= 15 is 0 Å². The van der Waals surface area contributed by atoms with Crippen molar-refractivity contribution in [3.8, 4) is 5.75 Å². The van der Waals surface area contributed by atoms with Crippen molar-refractivity contribution in [2.24, 2.45) is 0 Å². The molecule has 1 heterocycles. The summed E-state index contributed by atoms with van der Waals surface area (Å²) in [6, 6.07) is 6.50. The van der Waals surface area contributed by atoms with E-state index in [9.17, 15) is 14.4 Å². The van der Waals surface area contributed by atoms with Gasteiger partial charge in [0.05, 0.1) is 12.7 Å². The predicted molar refractivity (Wildman–Crippen MR) is 104 cm³/mol. The van der Waals surface area contributed by atoms with Crippen molar-refractivity contribution in [1.29, 1.82) is 0 Å². The van der Waals surface area contributed by atoms with Gasteiger partial charge < -0.3 is 19.7 Å². The molecule has 0 aliphatic carbocycles. The number of thiophene rings is 1. The minimum absolute atomic E-state index is 0.117. The minimum atomic E-state index is -0.494. The number of carbonyl (C=O) groups excluding carboxylic acids is 3. The standard InChI is InChI=1S/C19H22N2O5S/c1-11-12(2)27-18(16(11)19(24)25-5)20-17(23)13-7-6-8-14(9-13)26-10-15(22)21(3)4/h6-9H,10H2,1-5H3,(H,20,23). The van der Waals surface area contributed by atoms with Gasteiger partial charge in [-0.05, 0) is 37.6 Å². The number of carbonyl (C=O) groups is 3. The fraction of sp³-hybridized carbons (Fsp3) is 0.316. The van der Waals surface area contributed by atoms with Crippen LogP contribution in [-0.4, -0.2) is 50.5 Å². The molecular weight excluding hydrogens is 368 g/mol. The van der Waals surface area contributed by atoms with Crippen molar-refractivity contribution in [2.45, 2.75) is 13.8 Å². The Kier molecular flexibility index (Phi) is 6.57. The molecular formula is C19H22N2O5S. The Bertz CT molecular complexity index is 873. The molecule has 1 N–H and O–H groups in total. The molecule has 0 spiro atoms. The van der Waals surface area contributed by atoms with Gasteiger partial charge >= 0.3 is 5.97 Å². The molecule has 0 saturated heterocycles. The van der Waals surface area contributed by atoms with Crippen molar-refractivity contribution in [1.82, 2.24) is 4.90 Å². The summed E-state index contributed by atoms with van der Waals surface area (Å²) in [7, 11) is 4.58. The van der Waals surface area contributed by atoms with Gasteiger partial charge in [0.1, 0.15) is 10.8 Å². The fourth-order valence-corrected chi connectivity index (χ4v) is 3.28. The van der Waals surface area contributed by atoms with E-state index in [1.165, 1.54) is 23.3 Å². The first kappa shape index (κ1) is 20.4. The molecule has 1 aromatic carbocycles. The summed E-state index contributed by atoms with van der Waals surface area (Å²) in [4.78, 5) is 38.6. The Hall–Kier alpha value is -2.87. The molecule has 2 amide bonds. The van der Waals surface area contributed by atoms with Gasteiger partial charge in [0.25, 0.3) is 11.8 Å². The highest BCUT2D eigenvalue weighted by atomic mass is 32.1. The lowest BCUT2D eigenvalue weighted by Crippen LogP contribution is -2.27. The molecule has 2 aromatic rings. The van der Waals surface area contributed by atoms with Crippen molar-refractivity contribution >= 4 is 34.1 Å². The van der Waals surface area contributed by atoms with Crippen LogP contribution >= 0.6 is 11.3 Å². The van der Waals surface area contributed by atoms with Crippen LogP contribution in [0.3, 0.4) is 0 Å². The number of benzene rings is 1. The van der Waals surface area contributed by atoms with E-state index in [-0.39, 0.29) is 18.4 Å². The maximum Gasteiger partial charge on any atom is 0.341 e. The van der Waals surface area contributed by atoms with Crippen LogP contribution in [0.5, 0.6) is 5.75 Å². The molecule has 0 aliphatic heterocycles. The molecule has 0 bridgehead atoms. The number of methoxy groups -OCH3 is 1. The van der Waals surface area contributed by atoms with Gasteiger partial charge in [-0.2, -0.15) is 0 Å². The molecule has 0 aliphatic rings. The quantitative estimate of drug-likeness (QED) is 0.767. The van der Waals surface area contributed by atoms with Crippen LogP contribution in [0.4, 0.5) is 5.00 Å². The number of anilines is 1. The number of rotatable bonds is 6. The second-order valence-electron chi connectivity index (χ2n) is 6.04. The van der Waals surface area contributed by atoms with Gasteiger partial charge in [-0.1, -0.05) is 6.07 Å². The van der Waals surface area contributed by atoms with Crippen LogP contribution in [0.1, 0.15) is 31.2 Å². The lowest BCUT2D eigenvalue weighted by molar-refractivity contribution is -0.130. The molecule has 144 valence electrons. The number of hydrogen-bond acceptors (Lipinski definition) is 6. The number of esters is 1. The Labute approximate surface area is 161 Å². The minimum Gasteiger partial charge on any atom is -0.484 e. The van der Waals surface area contributed by atoms with Crippen LogP contribution in [0.15, 0.2) is 24.3 Å². The highest BCUT2D eigenvalue weighted by molar-refractivity contribution is 7.16. The number of nitrogens with zero attached hydrogens (tertiary/aromatic N) is 1. The Morgan fingerprint density at radius 1 is 1.19 bits per heavy atom. The van der Waals surface area contributed by atoms with Gasteiger partial charge in [0.2, 0.25) is 0 Å². The molecule has 0 unspecified atom stereocenters. The van der Waals surface area contributed by atoms with Crippen molar-refractivity contribution in [3.05, 3.63) is 45.8 Å². The summed E-state index contributed by atoms with van der Waals surface area (Å²) in [5, 5.41) is 3.20. The number of amides is 2. The van der Waals surface area contributed by atoms with Crippen LogP contribution in [0, 0.1) is 13.8 Å². The number of ether oxygens (including phenoxy) is 2. The normalized spacial score (nSPS) is 10.3. The molecule has 1 aromatic heterocycles. The molecule has 0 radical (unpaired) electrons. The summed E-state index contributed by atoms with van der Waals surface area (Å²) < 4.78 is 10.2. The average molecular weight is 390 g/mol. The van der Waals surface area contributed by atoms with Crippen molar-refractivity contribution in [3.63, 3.8) is 0 Å². The zero-order valence-corrected chi connectivity index (χ0v) is 16.7. The van der Waals surface area contributed by atoms with Crippen molar-refractivity contribution in [2.75, 3.05) is 33.1 Å². The molecule has 2 rings (SSSR count). The highest BCUT2D eigenvalue weighted by Crippen LogP contribution is 2.33. The zero-order chi connectivity index (χ0) is 20.1. The SMILES string of the molecule is COC(=O)c1c(NC(=O)c2cccc(OCC(=O)N(C)C)c2)sc(C)c1C. The van der Waals surface area contributed by atoms with Gasteiger partial charge in [0.15, 0.2) is 6.61 Å². The average Bonchev–Trinajstić information content (AvgIpc) is 2.92. The Balaban J connectivity index is 2.18. The first-order valence-electron chi connectivity index (χ1n) is 8.17. The largest absolute Gasteiger partial charge is 0.484 e. The number of aryl methyl sites for hydroxylation is 1. The Morgan fingerprint density at radius 3 is 2.52 bits per heavy atom. The van der Waals surface area contributed by atoms with E-state index in [4.69, 9.17) is 9.47 Å². The second kappa shape index (κ2) is 8.68. The molecule has 7 nitrogen and oxygen atoms in total. The third-order valence-corrected chi connectivity index (χ3v) is 5.08. The first-order valence-corrected chi connectivity index (χ1v) is 8.99. The van der Waals surface area contributed by atoms with Crippen LogP contribution in [-0.2, 0) is 9.53 Å². The fourth-order valence-electron chi connectivity index (χ4n) is 2.24. The van der Waals surface area contributed by atoms with Gasteiger partial charge in [-0.3, -0.25) is 9.59 Å². The predicted octanol–water partition coefficient (Wildman–Crippen LogP) is 2.87. The van der Waals surface area contributed by atoms with Gasteiger partial charge in [-0.15, -0.1) is 11.3 Å². The lowest BCUT2D eigenvalue weighted by Gasteiger charge is -2.12. The van der Waals surface area contributed by atoms with E-state index in [1.807, 2.05) is 13.8 Å². The number of nitrogens with one attached hydrogen (secondary N) is 1. The van der Waals surface area contributed by atoms with E-state index in [0.29, 0.717) is 21.9 Å². The number of hydrogen-bond donors (Lipinski definition) is 1. The monoisotopic (exact) mass is 390 g/mol. The van der Waals surface area contributed by atoms with Crippen LogP contribution in [0.25, 0.3) is 0 Å². The van der Waals surface area contributed by atoms with Crippen molar-refractivity contribution < 1.29 is 23.9 Å². The van der Waals surface area contributed by atoms with Crippen LogP contribution < -0.4 is 10.1 Å². The van der Waals surface area contributed by atoms with Gasteiger partial charge in [0, 0.05) is 24.5 Å². The third-order valence-electron chi connectivity index (χ3n) is 3.96. The van der Waals surface area contributed by atoms with E-state index in [2.05, 4.69) is 5.32 Å². The van der Waals surface area contributed by atoms with Gasteiger partial charge in [-0.25, -0.2) is 4.79 Å². The second-order valence-corrected chi connectivity index (χ2v) is 7.26. The highest BCUT2D eigenvalue weighted by Gasteiger charge is 2.22. The lowest BCUT2D eigenvalue weighted by atomic mass is 10.1. The Morgan fingerprint density at radius 2 is 1.89 bits per heavy atom. The molecule has 27 heavy (non-hydrogen) atoms. The summed E-state index contributed by atoms with van der Waals surface area (Å²) >= 11 is 1.32. The summed E-state index contributed by atoms with van der Waals surface area (Å²) in [5.74, 6) is -0.654. The smallest absolute Gasteiger partial charge is 0.341 e. The maximum absolute atomic E-state index is 12.6.